The number of carbonyl (C=O) groups is 1. The lowest BCUT2D eigenvalue weighted by molar-refractivity contribution is -0.122. The minimum atomic E-state index is -0.0370. The van der Waals surface area contributed by atoms with E-state index in [0.717, 1.165) is 17.7 Å². The van der Waals surface area contributed by atoms with Gasteiger partial charge in [-0.1, -0.05) is 26.0 Å². The normalized spacial score (nSPS) is 13.8. The van der Waals surface area contributed by atoms with Crippen molar-refractivity contribution in [1.29, 1.82) is 0 Å². The molecule has 0 bridgehead atoms. The predicted molar refractivity (Wildman–Crippen MR) is 86.2 cm³/mol. The van der Waals surface area contributed by atoms with Gasteiger partial charge in [0.15, 0.2) is 0 Å². The Balaban J connectivity index is 2.56. The summed E-state index contributed by atoms with van der Waals surface area (Å²) in [5.41, 5.74) is 6.79. The van der Waals surface area contributed by atoms with E-state index in [0.29, 0.717) is 18.9 Å². The molecule has 21 heavy (non-hydrogen) atoms. The second-order valence-corrected chi connectivity index (χ2v) is 6.00. The lowest BCUT2D eigenvalue weighted by Gasteiger charge is -2.19. The molecule has 0 spiro atoms. The zero-order chi connectivity index (χ0) is 15.8. The van der Waals surface area contributed by atoms with Crippen LogP contribution in [0.1, 0.15) is 45.2 Å². The summed E-state index contributed by atoms with van der Waals surface area (Å²) in [6.45, 7) is 6.84. The van der Waals surface area contributed by atoms with Crippen molar-refractivity contribution in [1.82, 2.24) is 5.32 Å². The van der Waals surface area contributed by atoms with Crippen molar-refractivity contribution in [2.45, 2.75) is 39.7 Å². The first-order chi connectivity index (χ1) is 9.96. The maximum atomic E-state index is 12.1. The molecule has 1 unspecified atom stereocenters. The molecule has 0 radical (unpaired) electrons. The van der Waals surface area contributed by atoms with Crippen molar-refractivity contribution in [3.05, 3.63) is 29.8 Å². The second kappa shape index (κ2) is 8.67. The summed E-state index contributed by atoms with van der Waals surface area (Å²) in [5.74, 6) is 1.67. The number of benzene rings is 1. The molecule has 4 nitrogen and oxygen atoms in total. The van der Waals surface area contributed by atoms with Crippen LogP contribution in [0.3, 0.4) is 0 Å². The van der Waals surface area contributed by atoms with Crippen LogP contribution in [0.2, 0.25) is 0 Å². The molecule has 2 atom stereocenters. The Hall–Kier alpha value is -1.55. The molecule has 0 heterocycles. The molecule has 0 aliphatic heterocycles. The average Bonchev–Trinajstić information content (AvgIpc) is 2.45. The van der Waals surface area contributed by atoms with Crippen LogP contribution in [0.25, 0.3) is 0 Å². The molecule has 1 aromatic carbocycles. The van der Waals surface area contributed by atoms with Gasteiger partial charge in [-0.25, -0.2) is 0 Å². The summed E-state index contributed by atoms with van der Waals surface area (Å²) in [5, 5.41) is 3.04. The number of hydrogen-bond donors (Lipinski definition) is 2. The smallest absolute Gasteiger partial charge is 0.220 e. The van der Waals surface area contributed by atoms with Crippen molar-refractivity contribution in [3.63, 3.8) is 0 Å². The van der Waals surface area contributed by atoms with Crippen molar-refractivity contribution < 1.29 is 9.53 Å². The Morgan fingerprint density at radius 1 is 1.33 bits per heavy atom. The predicted octanol–water partition coefficient (Wildman–Crippen LogP) is 2.88. The maximum Gasteiger partial charge on any atom is 0.220 e. The van der Waals surface area contributed by atoms with E-state index in [-0.39, 0.29) is 17.9 Å². The average molecular weight is 292 g/mol. The van der Waals surface area contributed by atoms with Crippen LogP contribution in [0.4, 0.5) is 0 Å². The molecule has 4 heteroatoms. The van der Waals surface area contributed by atoms with Crippen LogP contribution in [-0.4, -0.2) is 19.6 Å². The van der Waals surface area contributed by atoms with Crippen LogP contribution in [0.15, 0.2) is 24.3 Å². The molecule has 3 N–H and O–H groups in total. The summed E-state index contributed by atoms with van der Waals surface area (Å²) >= 11 is 0. The summed E-state index contributed by atoms with van der Waals surface area (Å²) in [7, 11) is 1.64. The van der Waals surface area contributed by atoms with E-state index >= 15 is 0 Å². The molecule has 0 fully saturated rings. The SMILES string of the molecule is COc1cccc(C(C)NC(=O)C[C@@H](CN)CC(C)C)c1. The highest BCUT2D eigenvalue weighted by Gasteiger charge is 2.16. The molecule has 1 amide bonds. The zero-order valence-corrected chi connectivity index (χ0v) is 13.6. The number of ether oxygens (including phenoxy) is 1. The number of methoxy groups -OCH3 is 1. The fourth-order valence-electron chi connectivity index (χ4n) is 2.49. The van der Waals surface area contributed by atoms with Gasteiger partial charge in [-0.2, -0.15) is 0 Å². The topological polar surface area (TPSA) is 64.3 Å². The number of carbonyl (C=O) groups excluding carboxylic acids is 1. The minimum Gasteiger partial charge on any atom is -0.497 e. The summed E-state index contributed by atoms with van der Waals surface area (Å²) in [6, 6.07) is 7.72. The maximum absolute atomic E-state index is 12.1. The molecule has 0 aromatic heterocycles. The second-order valence-electron chi connectivity index (χ2n) is 6.00. The van der Waals surface area contributed by atoms with E-state index in [1.165, 1.54) is 0 Å². The van der Waals surface area contributed by atoms with E-state index in [9.17, 15) is 4.79 Å². The third kappa shape index (κ3) is 6.17. The van der Waals surface area contributed by atoms with Gasteiger partial charge in [0.1, 0.15) is 5.75 Å². The Morgan fingerprint density at radius 3 is 2.62 bits per heavy atom. The first-order valence-corrected chi connectivity index (χ1v) is 7.59. The van der Waals surface area contributed by atoms with Crippen LogP contribution in [-0.2, 0) is 4.79 Å². The van der Waals surface area contributed by atoms with Gasteiger partial charge in [0.2, 0.25) is 5.91 Å². The Morgan fingerprint density at radius 2 is 2.05 bits per heavy atom. The number of nitrogens with two attached hydrogens (primary N) is 1. The third-order valence-electron chi connectivity index (χ3n) is 3.58. The molecule has 1 aromatic rings. The molecular formula is C17H28N2O2. The number of nitrogens with one attached hydrogen (secondary N) is 1. The van der Waals surface area contributed by atoms with Crippen LogP contribution < -0.4 is 15.8 Å². The van der Waals surface area contributed by atoms with Gasteiger partial charge in [-0.05, 0) is 49.4 Å². The molecule has 0 aliphatic carbocycles. The van der Waals surface area contributed by atoms with Gasteiger partial charge in [0, 0.05) is 6.42 Å². The van der Waals surface area contributed by atoms with E-state index in [4.69, 9.17) is 10.5 Å². The first kappa shape index (κ1) is 17.5. The highest BCUT2D eigenvalue weighted by atomic mass is 16.5. The third-order valence-corrected chi connectivity index (χ3v) is 3.58. The van der Waals surface area contributed by atoms with Crippen molar-refractivity contribution >= 4 is 5.91 Å². The Kier molecular flexibility index (Phi) is 7.23. The molecule has 0 aliphatic rings. The molecule has 0 saturated carbocycles. The van der Waals surface area contributed by atoms with Gasteiger partial charge in [-0.3, -0.25) is 4.79 Å². The lowest BCUT2D eigenvalue weighted by Crippen LogP contribution is -2.30. The highest BCUT2D eigenvalue weighted by molar-refractivity contribution is 5.76. The molecule has 1 rings (SSSR count). The first-order valence-electron chi connectivity index (χ1n) is 7.59. The Bertz CT molecular complexity index is 446. The van der Waals surface area contributed by atoms with Crippen LogP contribution in [0.5, 0.6) is 5.75 Å². The summed E-state index contributed by atoms with van der Waals surface area (Å²) in [6.07, 6.45) is 1.47. The minimum absolute atomic E-state index is 0.0370. The van der Waals surface area contributed by atoms with E-state index in [1.807, 2.05) is 31.2 Å². The fraction of sp³-hybridized carbons (Fsp3) is 0.588. The number of hydrogen-bond acceptors (Lipinski definition) is 3. The number of amides is 1. The molecular weight excluding hydrogens is 264 g/mol. The van der Waals surface area contributed by atoms with E-state index in [1.54, 1.807) is 7.11 Å². The van der Waals surface area contributed by atoms with Crippen LogP contribution in [0, 0.1) is 11.8 Å². The van der Waals surface area contributed by atoms with Crippen molar-refractivity contribution in [2.75, 3.05) is 13.7 Å². The quantitative estimate of drug-likeness (QED) is 0.774. The number of rotatable bonds is 8. The summed E-state index contributed by atoms with van der Waals surface area (Å²) in [4.78, 5) is 12.1. The van der Waals surface area contributed by atoms with E-state index in [2.05, 4.69) is 19.2 Å². The van der Waals surface area contributed by atoms with Crippen molar-refractivity contribution in [2.24, 2.45) is 17.6 Å². The molecule has 0 saturated heterocycles. The van der Waals surface area contributed by atoms with Gasteiger partial charge in [-0.15, -0.1) is 0 Å². The zero-order valence-electron chi connectivity index (χ0n) is 13.6. The van der Waals surface area contributed by atoms with Crippen LogP contribution >= 0.6 is 0 Å². The largest absolute Gasteiger partial charge is 0.497 e. The van der Waals surface area contributed by atoms with Gasteiger partial charge < -0.3 is 15.8 Å². The Labute approximate surface area is 128 Å². The van der Waals surface area contributed by atoms with Gasteiger partial charge in [0.25, 0.3) is 0 Å². The highest BCUT2D eigenvalue weighted by Crippen LogP contribution is 2.20. The van der Waals surface area contributed by atoms with E-state index < -0.39 is 0 Å². The fourth-order valence-corrected chi connectivity index (χ4v) is 2.49. The lowest BCUT2D eigenvalue weighted by atomic mass is 9.94. The standard InChI is InChI=1S/C17H28N2O2/c1-12(2)8-14(11-18)9-17(20)19-13(3)15-6-5-7-16(10-15)21-4/h5-7,10,12-14H,8-9,11,18H2,1-4H3,(H,19,20)/t13?,14-/m0/s1. The van der Waals surface area contributed by atoms with Gasteiger partial charge in [0.05, 0.1) is 13.2 Å². The summed E-state index contributed by atoms with van der Waals surface area (Å²) < 4.78 is 5.21. The molecule has 118 valence electrons. The monoisotopic (exact) mass is 292 g/mol. The van der Waals surface area contributed by atoms with Crippen molar-refractivity contribution in [3.8, 4) is 5.75 Å². The van der Waals surface area contributed by atoms with Gasteiger partial charge >= 0.3 is 0 Å².